The molecule has 0 spiro atoms. The van der Waals surface area contributed by atoms with Crippen LogP contribution in [-0.4, -0.2) is 30.4 Å². The van der Waals surface area contributed by atoms with E-state index < -0.39 is 0 Å². The van der Waals surface area contributed by atoms with Crippen LogP contribution in [0.2, 0.25) is 0 Å². The van der Waals surface area contributed by atoms with E-state index in [-0.39, 0.29) is 5.91 Å². The Morgan fingerprint density at radius 1 is 1.00 bits per heavy atom. The number of hydrogen-bond donors (Lipinski definition) is 1. The van der Waals surface area contributed by atoms with Gasteiger partial charge in [-0.25, -0.2) is 0 Å². The number of para-hydroxylation sites is 1. The lowest BCUT2D eigenvalue weighted by atomic mass is 9.89. The maximum atomic E-state index is 12.6. The SMILES string of the molecule is CCc1cccc(CC)c1NC(=O)CCN1CCC(c2ccc(C)cc2)CC1. The first-order valence-corrected chi connectivity index (χ1v) is 10.8. The third-order valence-corrected chi connectivity index (χ3v) is 6.05. The maximum Gasteiger partial charge on any atom is 0.225 e. The zero-order chi connectivity index (χ0) is 19.9. The Morgan fingerprint density at radius 3 is 2.18 bits per heavy atom. The standard InChI is InChI=1S/C25H34N2O/c1-4-20-7-6-8-21(5-2)25(20)26-24(28)15-18-27-16-13-23(14-17-27)22-11-9-19(3)10-12-22/h6-12,23H,4-5,13-18H2,1-3H3,(H,26,28). The van der Waals surface area contributed by atoms with Crippen molar-refractivity contribution in [2.75, 3.05) is 25.0 Å². The first kappa shape index (κ1) is 20.6. The van der Waals surface area contributed by atoms with Crippen molar-refractivity contribution in [2.45, 2.75) is 58.8 Å². The highest BCUT2D eigenvalue weighted by Crippen LogP contribution is 2.28. The predicted octanol–water partition coefficient (Wildman–Crippen LogP) is 5.33. The third kappa shape index (κ3) is 5.23. The molecule has 0 aliphatic carbocycles. The molecule has 150 valence electrons. The summed E-state index contributed by atoms with van der Waals surface area (Å²) in [6.45, 7) is 9.43. The molecule has 3 heteroatoms. The average Bonchev–Trinajstić information content (AvgIpc) is 2.73. The van der Waals surface area contributed by atoms with Gasteiger partial charge in [0, 0.05) is 18.7 Å². The zero-order valence-electron chi connectivity index (χ0n) is 17.6. The molecule has 0 bridgehead atoms. The van der Waals surface area contributed by atoms with Gasteiger partial charge in [0.05, 0.1) is 0 Å². The van der Waals surface area contributed by atoms with Crippen LogP contribution in [0, 0.1) is 6.92 Å². The molecule has 0 radical (unpaired) electrons. The van der Waals surface area contributed by atoms with Crippen LogP contribution in [0.1, 0.15) is 61.3 Å². The third-order valence-electron chi connectivity index (χ3n) is 6.05. The maximum absolute atomic E-state index is 12.6. The Labute approximate surface area is 170 Å². The molecule has 1 saturated heterocycles. The van der Waals surface area contributed by atoms with Gasteiger partial charge in [-0.3, -0.25) is 4.79 Å². The molecule has 2 aromatic carbocycles. The van der Waals surface area contributed by atoms with Crippen molar-refractivity contribution >= 4 is 11.6 Å². The lowest BCUT2D eigenvalue weighted by Gasteiger charge is -2.32. The van der Waals surface area contributed by atoms with Crippen molar-refractivity contribution in [1.82, 2.24) is 4.90 Å². The lowest BCUT2D eigenvalue weighted by Crippen LogP contribution is -2.35. The highest BCUT2D eigenvalue weighted by molar-refractivity contribution is 5.92. The molecule has 0 unspecified atom stereocenters. The number of piperidine rings is 1. The van der Waals surface area contributed by atoms with Gasteiger partial charge in [0.15, 0.2) is 0 Å². The van der Waals surface area contributed by atoms with Crippen molar-refractivity contribution in [3.63, 3.8) is 0 Å². The van der Waals surface area contributed by atoms with Crippen molar-refractivity contribution in [3.8, 4) is 0 Å². The van der Waals surface area contributed by atoms with E-state index in [1.165, 1.54) is 35.1 Å². The van der Waals surface area contributed by atoms with Gasteiger partial charge in [-0.05, 0) is 68.3 Å². The largest absolute Gasteiger partial charge is 0.326 e. The van der Waals surface area contributed by atoms with E-state index in [1.807, 2.05) is 0 Å². The number of hydrogen-bond acceptors (Lipinski definition) is 2. The molecule has 1 aliphatic heterocycles. The molecule has 1 N–H and O–H groups in total. The van der Waals surface area contributed by atoms with Gasteiger partial charge >= 0.3 is 0 Å². The highest BCUT2D eigenvalue weighted by atomic mass is 16.1. The number of nitrogens with one attached hydrogen (secondary N) is 1. The Bertz CT molecular complexity index is 751. The second-order valence-corrected chi connectivity index (χ2v) is 7.98. The van der Waals surface area contributed by atoms with Gasteiger partial charge < -0.3 is 10.2 Å². The molecule has 2 aromatic rings. The minimum absolute atomic E-state index is 0.135. The van der Waals surface area contributed by atoms with Gasteiger partial charge in [0.1, 0.15) is 0 Å². The van der Waals surface area contributed by atoms with Crippen LogP contribution < -0.4 is 5.32 Å². The summed E-state index contributed by atoms with van der Waals surface area (Å²) in [7, 11) is 0. The summed E-state index contributed by atoms with van der Waals surface area (Å²) in [4.78, 5) is 15.0. The molecule has 0 atom stereocenters. The van der Waals surface area contributed by atoms with E-state index in [4.69, 9.17) is 0 Å². The van der Waals surface area contributed by atoms with Crippen molar-refractivity contribution in [2.24, 2.45) is 0 Å². The summed E-state index contributed by atoms with van der Waals surface area (Å²) in [5, 5.41) is 3.19. The van der Waals surface area contributed by atoms with Crippen molar-refractivity contribution in [1.29, 1.82) is 0 Å². The molecule has 0 saturated carbocycles. The molecule has 28 heavy (non-hydrogen) atoms. The monoisotopic (exact) mass is 378 g/mol. The van der Waals surface area contributed by atoms with Crippen LogP contribution in [0.5, 0.6) is 0 Å². The molecule has 1 amide bonds. The fourth-order valence-electron chi connectivity index (χ4n) is 4.19. The van der Waals surface area contributed by atoms with Gasteiger partial charge in [0.25, 0.3) is 0 Å². The van der Waals surface area contributed by atoms with Crippen molar-refractivity contribution in [3.05, 3.63) is 64.7 Å². The van der Waals surface area contributed by atoms with E-state index >= 15 is 0 Å². The molecular weight excluding hydrogens is 344 g/mol. The predicted molar refractivity (Wildman–Crippen MR) is 118 cm³/mol. The molecule has 1 heterocycles. The van der Waals surface area contributed by atoms with Crippen molar-refractivity contribution < 1.29 is 4.79 Å². The van der Waals surface area contributed by atoms with E-state index in [9.17, 15) is 4.79 Å². The molecule has 0 aromatic heterocycles. The second kappa shape index (κ2) is 9.88. The Morgan fingerprint density at radius 2 is 1.61 bits per heavy atom. The summed E-state index contributed by atoms with van der Waals surface area (Å²) in [6.07, 6.45) is 4.81. The van der Waals surface area contributed by atoms with Gasteiger partial charge in [0.2, 0.25) is 5.91 Å². The first-order chi connectivity index (χ1) is 13.6. The smallest absolute Gasteiger partial charge is 0.225 e. The Balaban J connectivity index is 1.48. The van der Waals surface area contributed by atoms with E-state index in [0.717, 1.165) is 38.2 Å². The van der Waals surface area contributed by atoms with E-state index in [1.54, 1.807) is 0 Å². The summed E-state index contributed by atoms with van der Waals surface area (Å²) in [5.41, 5.74) is 6.28. The van der Waals surface area contributed by atoms with Crippen LogP contribution in [0.15, 0.2) is 42.5 Å². The van der Waals surface area contributed by atoms with E-state index in [0.29, 0.717) is 12.3 Å². The summed E-state index contributed by atoms with van der Waals surface area (Å²) < 4.78 is 0. The molecule has 3 rings (SSSR count). The molecular formula is C25H34N2O. The van der Waals surface area contributed by atoms with Gasteiger partial charge in [-0.2, -0.15) is 0 Å². The summed E-state index contributed by atoms with van der Waals surface area (Å²) >= 11 is 0. The number of rotatable bonds is 7. The summed E-state index contributed by atoms with van der Waals surface area (Å²) in [5.74, 6) is 0.797. The lowest BCUT2D eigenvalue weighted by molar-refractivity contribution is -0.116. The number of carbonyl (C=O) groups excluding carboxylic acids is 1. The van der Waals surface area contributed by atoms with Crippen LogP contribution in [0.25, 0.3) is 0 Å². The summed E-state index contributed by atoms with van der Waals surface area (Å²) in [6, 6.07) is 15.3. The number of aryl methyl sites for hydroxylation is 3. The normalized spacial score (nSPS) is 15.5. The number of benzene rings is 2. The van der Waals surface area contributed by atoms with Gasteiger partial charge in [-0.1, -0.05) is 61.9 Å². The Kier molecular flexibility index (Phi) is 7.27. The minimum Gasteiger partial charge on any atom is -0.326 e. The molecule has 1 aliphatic rings. The number of amides is 1. The number of anilines is 1. The highest BCUT2D eigenvalue weighted by Gasteiger charge is 2.21. The number of likely N-dealkylation sites (tertiary alicyclic amines) is 1. The fraction of sp³-hybridized carbons (Fsp3) is 0.480. The van der Waals surface area contributed by atoms with Gasteiger partial charge in [-0.15, -0.1) is 0 Å². The Hall–Kier alpha value is -2.13. The molecule has 3 nitrogen and oxygen atoms in total. The fourth-order valence-corrected chi connectivity index (χ4v) is 4.19. The minimum atomic E-state index is 0.135. The zero-order valence-corrected chi connectivity index (χ0v) is 17.6. The average molecular weight is 379 g/mol. The first-order valence-electron chi connectivity index (χ1n) is 10.8. The van der Waals surface area contributed by atoms with Crippen LogP contribution in [0.4, 0.5) is 5.69 Å². The van der Waals surface area contributed by atoms with E-state index in [2.05, 4.69) is 73.5 Å². The second-order valence-electron chi connectivity index (χ2n) is 7.98. The topological polar surface area (TPSA) is 32.3 Å². The molecule has 1 fully saturated rings. The number of nitrogens with zero attached hydrogens (tertiary/aromatic N) is 1. The number of carbonyl (C=O) groups is 1. The quantitative estimate of drug-likeness (QED) is 0.706. The van der Waals surface area contributed by atoms with Crippen LogP contribution >= 0.6 is 0 Å². The van der Waals surface area contributed by atoms with Crippen LogP contribution in [0.3, 0.4) is 0 Å². The van der Waals surface area contributed by atoms with Crippen LogP contribution in [-0.2, 0) is 17.6 Å².